The lowest BCUT2D eigenvalue weighted by Gasteiger charge is -2.11. The zero-order chi connectivity index (χ0) is 25.8. The number of nitrogens with zero attached hydrogens (tertiary/aromatic N) is 4. The van der Waals surface area contributed by atoms with Crippen molar-refractivity contribution < 1.29 is 14.6 Å². The van der Waals surface area contributed by atoms with E-state index in [-0.39, 0.29) is 11.4 Å². The minimum atomic E-state index is -0.719. The molecule has 9 heteroatoms. The van der Waals surface area contributed by atoms with Gasteiger partial charge in [0.15, 0.2) is 0 Å². The van der Waals surface area contributed by atoms with Gasteiger partial charge in [-0.25, -0.2) is 0 Å². The summed E-state index contributed by atoms with van der Waals surface area (Å²) >= 11 is 0. The third-order valence-corrected chi connectivity index (χ3v) is 5.65. The second kappa shape index (κ2) is 9.95. The van der Waals surface area contributed by atoms with E-state index in [1.807, 2.05) is 73.0 Å². The first-order valence-electron chi connectivity index (χ1n) is 10.9. The fraction of sp³-hybridized carbons (Fsp3) is 0.0741. The van der Waals surface area contributed by atoms with Crippen LogP contribution in [0.15, 0.2) is 78.9 Å². The molecular weight excluding hydrogens is 460 g/mol. The molecule has 0 amide bonds. The van der Waals surface area contributed by atoms with E-state index in [4.69, 9.17) is 4.74 Å². The lowest BCUT2D eigenvalue weighted by molar-refractivity contribution is -0.394. The van der Waals surface area contributed by atoms with Crippen LogP contribution >= 0.6 is 0 Å². The molecule has 1 heterocycles. The van der Waals surface area contributed by atoms with Gasteiger partial charge in [-0.15, -0.1) is 0 Å². The topological polar surface area (TPSA) is 124 Å². The predicted octanol–water partition coefficient (Wildman–Crippen LogP) is 6.77. The Morgan fingerprint density at radius 2 is 1.64 bits per heavy atom. The Bertz CT molecular complexity index is 1530. The lowest BCUT2D eigenvalue weighted by atomic mass is 10.0. The van der Waals surface area contributed by atoms with Gasteiger partial charge in [-0.05, 0) is 67.4 Å². The van der Waals surface area contributed by atoms with Gasteiger partial charge in [0.05, 0.1) is 27.6 Å². The number of hydrogen-bond acceptors (Lipinski definition) is 6. The van der Waals surface area contributed by atoms with Crippen LogP contribution in [-0.2, 0) is 0 Å². The van der Waals surface area contributed by atoms with Crippen molar-refractivity contribution in [2.75, 3.05) is 0 Å². The lowest BCUT2D eigenvalue weighted by Crippen LogP contribution is -1.99. The number of non-ortho nitro benzene ring substituents is 1. The number of nitriles is 1. The van der Waals surface area contributed by atoms with E-state index >= 15 is 0 Å². The highest BCUT2D eigenvalue weighted by molar-refractivity contribution is 5.90. The van der Waals surface area contributed by atoms with Gasteiger partial charge in [0.2, 0.25) is 5.75 Å². The highest BCUT2D eigenvalue weighted by atomic mass is 16.6. The Labute approximate surface area is 206 Å². The Morgan fingerprint density at radius 1 is 0.944 bits per heavy atom. The molecule has 0 spiro atoms. The zero-order valence-corrected chi connectivity index (χ0v) is 19.4. The quantitative estimate of drug-likeness (QED) is 0.163. The van der Waals surface area contributed by atoms with Crippen LogP contribution in [0, 0.1) is 45.4 Å². The number of benzene rings is 3. The van der Waals surface area contributed by atoms with E-state index in [1.54, 1.807) is 12.1 Å². The number of aromatic nitrogens is 1. The smallest absolute Gasteiger partial charge is 0.318 e. The fourth-order valence-electron chi connectivity index (χ4n) is 3.92. The van der Waals surface area contributed by atoms with Gasteiger partial charge in [-0.3, -0.25) is 20.2 Å². The number of aryl methyl sites for hydroxylation is 1. The zero-order valence-electron chi connectivity index (χ0n) is 19.4. The number of hydrogen-bond donors (Lipinski definition) is 0. The van der Waals surface area contributed by atoms with Crippen LogP contribution in [0.2, 0.25) is 0 Å². The maximum absolute atomic E-state index is 11.4. The second-order valence-corrected chi connectivity index (χ2v) is 7.96. The summed E-state index contributed by atoms with van der Waals surface area (Å²) in [5.41, 5.74) is 4.17. The molecule has 0 atom stereocenters. The van der Waals surface area contributed by atoms with Crippen LogP contribution in [0.4, 0.5) is 11.4 Å². The molecule has 0 aliphatic carbocycles. The summed E-state index contributed by atoms with van der Waals surface area (Å²) in [4.78, 5) is 20.9. The number of nitro benzene ring substituents is 2. The summed E-state index contributed by atoms with van der Waals surface area (Å²) in [5.74, 6) is 0.248. The Balaban J connectivity index is 1.63. The molecule has 0 unspecified atom stereocenters. The molecule has 36 heavy (non-hydrogen) atoms. The molecular formula is C27H20N4O5. The molecule has 0 saturated heterocycles. The fourth-order valence-corrected chi connectivity index (χ4v) is 3.92. The molecule has 0 aliphatic rings. The van der Waals surface area contributed by atoms with Crippen LogP contribution in [0.5, 0.6) is 11.5 Å². The van der Waals surface area contributed by atoms with E-state index in [2.05, 4.69) is 6.07 Å². The summed E-state index contributed by atoms with van der Waals surface area (Å²) in [6.45, 7) is 3.92. The number of allylic oxidation sites excluding steroid dienone is 1. The monoisotopic (exact) mass is 480 g/mol. The Morgan fingerprint density at radius 3 is 2.25 bits per heavy atom. The minimum Gasteiger partial charge on any atom is -0.450 e. The molecule has 0 bridgehead atoms. The largest absolute Gasteiger partial charge is 0.450 e. The average Bonchev–Trinajstić information content (AvgIpc) is 3.15. The van der Waals surface area contributed by atoms with Crippen molar-refractivity contribution in [1.29, 1.82) is 5.26 Å². The number of rotatable bonds is 7. The summed E-state index contributed by atoms with van der Waals surface area (Å²) in [6.07, 6.45) is 1.86. The van der Waals surface area contributed by atoms with Crippen LogP contribution in [0.25, 0.3) is 17.3 Å². The molecule has 178 valence electrons. The molecule has 1 aromatic heterocycles. The van der Waals surface area contributed by atoms with Crippen LogP contribution in [-0.4, -0.2) is 14.4 Å². The maximum atomic E-state index is 11.4. The molecule has 0 aliphatic heterocycles. The maximum Gasteiger partial charge on any atom is 0.318 e. The molecule has 4 rings (SSSR count). The van der Waals surface area contributed by atoms with Crippen LogP contribution < -0.4 is 4.74 Å². The van der Waals surface area contributed by atoms with E-state index in [0.29, 0.717) is 11.3 Å². The third-order valence-electron chi connectivity index (χ3n) is 5.65. The van der Waals surface area contributed by atoms with Crippen molar-refractivity contribution in [3.8, 4) is 23.3 Å². The summed E-state index contributed by atoms with van der Waals surface area (Å²) in [6, 6.07) is 23.9. The number of nitro groups is 2. The molecule has 3 aromatic carbocycles. The van der Waals surface area contributed by atoms with E-state index in [0.717, 1.165) is 40.3 Å². The van der Waals surface area contributed by atoms with Crippen LogP contribution in [0.3, 0.4) is 0 Å². The summed E-state index contributed by atoms with van der Waals surface area (Å²) in [7, 11) is 0. The van der Waals surface area contributed by atoms with Gasteiger partial charge in [-0.1, -0.05) is 30.3 Å². The molecule has 4 aromatic rings. The highest BCUT2D eigenvalue weighted by Gasteiger charge is 2.21. The molecule has 0 fully saturated rings. The molecule has 0 N–H and O–H groups in total. The Hall–Kier alpha value is -5.23. The van der Waals surface area contributed by atoms with Gasteiger partial charge in [0, 0.05) is 23.1 Å². The standard InChI is InChI=1S/C27H20N4O5/c1-18-14-21(15-22(17-28)20-6-4-3-5-7-20)19(2)29(18)23-8-11-25(12-9-23)36-27-13-10-24(30(32)33)16-26(27)31(34)35/h3-16H,1-2H3/b22-15+. The van der Waals surface area contributed by atoms with Crippen molar-refractivity contribution >= 4 is 23.0 Å². The van der Waals surface area contributed by atoms with Crippen molar-refractivity contribution in [1.82, 2.24) is 4.57 Å². The highest BCUT2D eigenvalue weighted by Crippen LogP contribution is 2.35. The molecule has 0 radical (unpaired) electrons. The predicted molar refractivity (Wildman–Crippen MR) is 135 cm³/mol. The number of ether oxygens (including phenoxy) is 1. The van der Waals surface area contributed by atoms with Gasteiger partial charge in [0.1, 0.15) is 5.75 Å². The van der Waals surface area contributed by atoms with Crippen molar-refractivity contribution in [2.24, 2.45) is 0 Å². The van der Waals surface area contributed by atoms with Gasteiger partial charge in [-0.2, -0.15) is 5.26 Å². The summed E-state index contributed by atoms with van der Waals surface area (Å²) < 4.78 is 7.69. The average molecular weight is 480 g/mol. The van der Waals surface area contributed by atoms with E-state index < -0.39 is 15.5 Å². The van der Waals surface area contributed by atoms with E-state index in [1.165, 1.54) is 6.07 Å². The third kappa shape index (κ3) is 4.83. The van der Waals surface area contributed by atoms with Crippen molar-refractivity contribution in [2.45, 2.75) is 13.8 Å². The first-order valence-corrected chi connectivity index (χ1v) is 10.9. The van der Waals surface area contributed by atoms with Crippen molar-refractivity contribution in [3.63, 3.8) is 0 Å². The first-order chi connectivity index (χ1) is 17.3. The van der Waals surface area contributed by atoms with Crippen molar-refractivity contribution in [3.05, 3.63) is 122 Å². The van der Waals surface area contributed by atoms with E-state index in [9.17, 15) is 25.5 Å². The normalized spacial score (nSPS) is 11.1. The van der Waals surface area contributed by atoms with Gasteiger partial charge < -0.3 is 9.30 Å². The second-order valence-electron chi connectivity index (χ2n) is 7.96. The first kappa shape index (κ1) is 23.9. The van der Waals surface area contributed by atoms with Gasteiger partial charge >= 0.3 is 5.69 Å². The summed E-state index contributed by atoms with van der Waals surface area (Å²) in [5, 5.41) is 32.0. The molecule has 0 saturated carbocycles. The van der Waals surface area contributed by atoms with Crippen LogP contribution in [0.1, 0.15) is 22.5 Å². The van der Waals surface area contributed by atoms with Gasteiger partial charge in [0.25, 0.3) is 5.69 Å². The Kier molecular flexibility index (Phi) is 6.61. The minimum absolute atomic E-state index is 0.0935. The molecule has 9 nitrogen and oxygen atoms in total. The SMILES string of the molecule is Cc1cc(/C=C(\C#N)c2ccccc2)c(C)n1-c1ccc(Oc2ccc([N+](=O)[O-])cc2[N+](=O)[O-])cc1.